The van der Waals surface area contributed by atoms with Gasteiger partial charge >= 0.3 is 0 Å². The third-order valence-corrected chi connectivity index (χ3v) is 3.65. The lowest BCUT2D eigenvalue weighted by molar-refractivity contribution is 0.197. The Bertz CT molecular complexity index is 283. The second-order valence-corrected chi connectivity index (χ2v) is 4.43. The molecule has 1 N–H and O–H groups in total. The molecular formula is C11H20N4. The SMILES string of the molecule is CCC1CCC(NC)C(n2cncn2)C1. The number of hydrogen-bond donors (Lipinski definition) is 1. The summed E-state index contributed by atoms with van der Waals surface area (Å²) < 4.78 is 2.02. The first-order chi connectivity index (χ1) is 7.35. The molecule has 0 aromatic carbocycles. The average Bonchev–Trinajstić information content (AvgIpc) is 2.81. The van der Waals surface area contributed by atoms with Crippen molar-refractivity contribution in [2.24, 2.45) is 5.92 Å². The maximum absolute atomic E-state index is 4.27. The van der Waals surface area contributed by atoms with E-state index in [2.05, 4.69) is 22.3 Å². The van der Waals surface area contributed by atoms with Crippen molar-refractivity contribution < 1.29 is 0 Å². The molecule has 0 saturated heterocycles. The molecule has 4 nitrogen and oxygen atoms in total. The number of rotatable bonds is 3. The molecular weight excluding hydrogens is 188 g/mol. The summed E-state index contributed by atoms with van der Waals surface area (Å²) in [6.07, 6.45) is 8.56. The molecule has 0 radical (unpaired) electrons. The Labute approximate surface area is 91.1 Å². The minimum absolute atomic E-state index is 0.483. The molecule has 1 aliphatic rings. The Balaban J connectivity index is 2.10. The van der Waals surface area contributed by atoms with E-state index in [1.54, 1.807) is 6.33 Å². The Kier molecular flexibility index (Phi) is 3.36. The lowest BCUT2D eigenvalue weighted by Gasteiger charge is -2.35. The normalized spacial score (nSPS) is 31.7. The van der Waals surface area contributed by atoms with Crippen LogP contribution in [0.3, 0.4) is 0 Å². The minimum Gasteiger partial charge on any atom is -0.315 e. The van der Waals surface area contributed by atoms with Gasteiger partial charge in [0.15, 0.2) is 0 Å². The van der Waals surface area contributed by atoms with E-state index < -0.39 is 0 Å². The van der Waals surface area contributed by atoms with Gasteiger partial charge < -0.3 is 5.32 Å². The fraction of sp³-hybridized carbons (Fsp3) is 0.818. The van der Waals surface area contributed by atoms with Gasteiger partial charge in [0.25, 0.3) is 0 Å². The molecule has 1 fully saturated rings. The summed E-state index contributed by atoms with van der Waals surface area (Å²) in [4.78, 5) is 4.04. The van der Waals surface area contributed by atoms with Crippen LogP contribution in [0.5, 0.6) is 0 Å². The molecule has 4 heteroatoms. The third kappa shape index (κ3) is 2.20. The van der Waals surface area contributed by atoms with Gasteiger partial charge in [0.05, 0.1) is 6.04 Å². The van der Waals surface area contributed by atoms with E-state index in [1.165, 1.54) is 25.7 Å². The highest BCUT2D eigenvalue weighted by Gasteiger charge is 2.30. The van der Waals surface area contributed by atoms with Gasteiger partial charge in [0.1, 0.15) is 12.7 Å². The van der Waals surface area contributed by atoms with Crippen molar-refractivity contribution in [3.8, 4) is 0 Å². The van der Waals surface area contributed by atoms with E-state index in [0.29, 0.717) is 12.1 Å². The molecule has 2 rings (SSSR count). The zero-order valence-electron chi connectivity index (χ0n) is 9.56. The molecule has 84 valence electrons. The fourth-order valence-corrected chi connectivity index (χ4v) is 2.62. The monoisotopic (exact) mass is 208 g/mol. The summed E-state index contributed by atoms with van der Waals surface area (Å²) in [5, 5.41) is 7.67. The summed E-state index contributed by atoms with van der Waals surface area (Å²) >= 11 is 0. The van der Waals surface area contributed by atoms with Gasteiger partial charge in [-0.2, -0.15) is 5.10 Å². The fourth-order valence-electron chi connectivity index (χ4n) is 2.62. The molecule has 3 unspecified atom stereocenters. The highest BCUT2D eigenvalue weighted by atomic mass is 15.3. The molecule has 15 heavy (non-hydrogen) atoms. The molecule has 1 heterocycles. The number of aromatic nitrogens is 3. The summed E-state index contributed by atoms with van der Waals surface area (Å²) in [5.41, 5.74) is 0. The first kappa shape index (κ1) is 10.6. The molecule has 1 aromatic rings. The van der Waals surface area contributed by atoms with Gasteiger partial charge in [0, 0.05) is 6.04 Å². The Morgan fingerprint density at radius 2 is 2.33 bits per heavy atom. The highest BCUT2D eigenvalue weighted by molar-refractivity contribution is 4.87. The maximum atomic E-state index is 4.27. The summed E-state index contributed by atoms with van der Waals surface area (Å²) in [5.74, 6) is 0.851. The van der Waals surface area contributed by atoms with Crippen LogP contribution in [0, 0.1) is 5.92 Å². The first-order valence-corrected chi connectivity index (χ1v) is 5.86. The smallest absolute Gasteiger partial charge is 0.137 e. The van der Waals surface area contributed by atoms with Gasteiger partial charge in [0.2, 0.25) is 0 Å². The zero-order valence-corrected chi connectivity index (χ0v) is 9.56. The third-order valence-electron chi connectivity index (χ3n) is 3.65. The van der Waals surface area contributed by atoms with Crippen LogP contribution in [0.1, 0.15) is 38.6 Å². The molecule has 3 atom stereocenters. The maximum Gasteiger partial charge on any atom is 0.137 e. The van der Waals surface area contributed by atoms with Crippen molar-refractivity contribution in [1.29, 1.82) is 0 Å². The number of hydrogen-bond acceptors (Lipinski definition) is 3. The molecule has 1 aliphatic carbocycles. The van der Waals surface area contributed by atoms with Crippen molar-refractivity contribution in [2.45, 2.75) is 44.7 Å². The van der Waals surface area contributed by atoms with Crippen LogP contribution < -0.4 is 5.32 Å². The van der Waals surface area contributed by atoms with Crippen molar-refractivity contribution in [3.63, 3.8) is 0 Å². The van der Waals surface area contributed by atoms with E-state index in [9.17, 15) is 0 Å². The van der Waals surface area contributed by atoms with Gasteiger partial charge in [-0.3, -0.25) is 0 Å². The Hall–Kier alpha value is -0.900. The topological polar surface area (TPSA) is 42.7 Å². The van der Waals surface area contributed by atoms with E-state index in [-0.39, 0.29) is 0 Å². The van der Waals surface area contributed by atoms with E-state index in [4.69, 9.17) is 0 Å². The van der Waals surface area contributed by atoms with Crippen molar-refractivity contribution in [3.05, 3.63) is 12.7 Å². The number of nitrogens with one attached hydrogen (secondary N) is 1. The lowest BCUT2D eigenvalue weighted by Crippen LogP contribution is -2.40. The first-order valence-electron chi connectivity index (χ1n) is 5.86. The standard InChI is InChI=1S/C11H20N4/c1-3-9-4-5-10(12-2)11(6-9)15-8-13-7-14-15/h7-12H,3-6H2,1-2H3. The largest absolute Gasteiger partial charge is 0.315 e. The second-order valence-electron chi connectivity index (χ2n) is 4.43. The number of nitrogens with zero attached hydrogens (tertiary/aromatic N) is 3. The van der Waals surface area contributed by atoms with Crippen LogP contribution in [0.2, 0.25) is 0 Å². The van der Waals surface area contributed by atoms with Crippen molar-refractivity contribution >= 4 is 0 Å². The Morgan fingerprint density at radius 3 is 2.93 bits per heavy atom. The molecule has 0 aliphatic heterocycles. The van der Waals surface area contributed by atoms with Crippen molar-refractivity contribution in [2.75, 3.05) is 7.05 Å². The molecule has 0 amide bonds. The second kappa shape index (κ2) is 4.75. The molecule has 0 bridgehead atoms. The van der Waals surface area contributed by atoms with Crippen LogP contribution in [0.15, 0.2) is 12.7 Å². The predicted molar refractivity (Wildman–Crippen MR) is 59.5 cm³/mol. The van der Waals surface area contributed by atoms with Gasteiger partial charge in [-0.25, -0.2) is 9.67 Å². The summed E-state index contributed by atoms with van der Waals surface area (Å²) in [7, 11) is 2.04. The lowest BCUT2D eigenvalue weighted by atomic mass is 9.81. The van der Waals surface area contributed by atoms with E-state index in [1.807, 2.05) is 18.1 Å². The van der Waals surface area contributed by atoms with Gasteiger partial charge in [-0.05, 0) is 32.2 Å². The number of likely N-dealkylation sites (N-methyl/N-ethyl adjacent to an activating group) is 1. The Morgan fingerprint density at radius 1 is 1.47 bits per heavy atom. The van der Waals surface area contributed by atoms with E-state index >= 15 is 0 Å². The highest BCUT2D eigenvalue weighted by Crippen LogP contribution is 2.33. The zero-order chi connectivity index (χ0) is 10.7. The van der Waals surface area contributed by atoms with Crippen LogP contribution in [-0.2, 0) is 0 Å². The molecule has 1 saturated carbocycles. The predicted octanol–water partition coefficient (Wildman–Crippen LogP) is 1.62. The summed E-state index contributed by atoms with van der Waals surface area (Å²) in [6.45, 7) is 2.28. The van der Waals surface area contributed by atoms with Crippen LogP contribution in [0.25, 0.3) is 0 Å². The van der Waals surface area contributed by atoms with Gasteiger partial charge in [-0.15, -0.1) is 0 Å². The van der Waals surface area contributed by atoms with Crippen molar-refractivity contribution in [1.82, 2.24) is 20.1 Å². The van der Waals surface area contributed by atoms with Crippen LogP contribution >= 0.6 is 0 Å². The summed E-state index contributed by atoms with van der Waals surface area (Å²) in [6, 6.07) is 1.03. The van der Waals surface area contributed by atoms with Crippen LogP contribution in [0.4, 0.5) is 0 Å². The van der Waals surface area contributed by atoms with E-state index in [0.717, 1.165) is 5.92 Å². The molecule has 0 spiro atoms. The molecule has 1 aromatic heterocycles. The average molecular weight is 208 g/mol. The van der Waals surface area contributed by atoms with Crippen LogP contribution in [-0.4, -0.2) is 27.9 Å². The van der Waals surface area contributed by atoms with Gasteiger partial charge in [-0.1, -0.05) is 13.3 Å². The minimum atomic E-state index is 0.483. The quantitative estimate of drug-likeness (QED) is 0.820.